The second kappa shape index (κ2) is 4.72. The average Bonchev–Trinajstić information content (AvgIpc) is 3.31. The fraction of sp³-hybridized carbons (Fsp3) is 0.0625. The molecule has 0 saturated heterocycles. The van der Waals surface area contributed by atoms with E-state index in [0.29, 0.717) is 16.9 Å². The molecule has 0 aliphatic carbocycles. The quantitative estimate of drug-likeness (QED) is 0.537. The van der Waals surface area contributed by atoms with Crippen molar-refractivity contribution in [3.63, 3.8) is 0 Å². The highest BCUT2D eigenvalue weighted by Gasteiger charge is 2.18. The molecule has 8 heteroatoms. The first-order valence-electron chi connectivity index (χ1n) is 7.36. The Labute approximate surface area is 135 Å². The smallest absolute Gasteiger partial charge is 0.177 e. The monoisotopic (exact) mass is 317 g/mol. The van der Waals surface area contributed by atoms with Crippen LogP contribution in [0.2, 0.25) is 0 Å². The van der Waals surface area contributed by atoms with Gasteiger partial charge >= 0.3 is 0 Å². The average molecular weight is 317 g/mol. The molecule has 8 nitrogen and oxygen atoms in total. The first-order chi connectivity index (χ1) is 11.8. The second-order valence-corrected chi connectivity index (χ2v) is 5.44. The Morgan fingerprint density at radius 3 is 2.96 bits per heavy atom. The normalized spacial score (nSPS) is 11.5. The SMILES string of the molecule is Cn1nc(-c2cccnc2)c2[nH]c(-c3cccc4nonc34)nc21. The molecule has 0 spiro atoms. The van der Waals surface area contributed by atoms with Crippen LogP contribution in [0.25, 0.3) is 44.8 Å². The van der Waals surface area contributed by atoms with Crippen molar-refractivity contribution < 1.29 is 4.63 Å². The lowest BCUT2D eigenvalue weighted by Gasteiger charge is -1.98. The van der Waals surface area contributed by atoms with Crippen molar-refractivity contribution in [1.29, 1.82) is 0 Å². The van der Waals surface area contributed by atoms with E-state index < -0.39 is 0 Å². The number of pyridine rings is 1. The molecule has 0 fully saturated rings. The topological polar surface area (TPSA) is 98.3 Å². The highest BCUT2D eigenvalue weighted by atomic mass is 16.6. The van der Waals surface area contributed by atoms with E-state index in [9.17, 15) is 0 Å². The van der Waals surface area contributed by atoms with E-state index in [2.05, 4.69) is 30.4 Å². The van der Waals surface area contributed by atoms with Crippen molar-refractivity contribution in [1.82, 2.24) is 35.0 Å². The van der Waals surface area contributed by atoms with Crippen LogP contribution in [0.15, 0.2) is 47.4 Å². The summed E-state index contributed by atoms with van der Waals surface area (Å²) in [5.41, 5.74) is 5.56. The van der Waals surface area contributed by atoms with Crippen LogP contribution in [0, 0.1) is 0 Å². The van der Waals surface area contributed by atoms with Crippen LogP contribution >= 0.6 is 0 Å². The van der Waals surface area contributed by atoms with Gasteiger partial charge in [0.25, 0.3) is 0 Å². The second-order valence-electron chi connectivity index (χ2n) is 5.44. The van der Waals surface area contributed by atoms with E-state index in [-0.39, 0.29) is 0 Å². The van der Waals surface area contributed by atoms with Gasteiger partial charge in [0.2, 0.25) is 0 Å². The van der Waals surface area contributed by atoms with Crippen molar-refractivity contribution >= 4 is 22.2 Å². The van der Waals surface area contributed by atoms with Crippen molar-refractivity contribution in [2.45, 2.75) is 0 Å². The third-order valence-corrected chi connectivity index (χ3v) is 3.95. The Morgan fingerprint density at radius 1 is 1.12 bits per heavy atom. The lowest BCUT2D eigenvalue weighted by molar-refractivity contribution is 0.315. The maximum atomic E-state index is 4.83. The van der Waals surface area contributed by atoms with Crippen LogP contribution in [-0.4, -0.2) is 35.0 Å². The Balaban J connectivity index is 1.76. The van der Waals surface area contributed by atoms with Crippen LogP contribution in [0.5, 0.6) is 0 Å². The molecule has 1 aromatic carbocycles. The number of rotatable bonds is 2. The van der Waals surface area contributed by atoms with Gasteiger partial charge in [-0.05, 0) is 34.6 Å². The summed E-state index contributed by atoms with van der Waals surface area (Å²) in [7, 11) is 1.87. The lowest BCUT2D eigenvalue weighted by Crippen LogP contribution is -1.92. The van der Waals surface area contributed by atoms with Gasteiger partial charge in [0.15, 0.2) is 5.65 Å². The Hall–Kier alpha value is -3.55. The molecule has 0 atom stereocenters. The van der Waals surface area contributed by atoms with Gasteiger partial charge in [-0.1, -0.05) is 6.07 Å². The van der Waals surface area contributed by atoms with Crippen LogP contribution in [0.1, 0.15) is 0 Å². The van der Waals surface area contributed by atoms with Crippen molar-refractivity contribution in [3.8, 4) is 22.6 Å². The summed E-state index contributed by atoms with van der Waals surface area (Å²) < 4.78 is 6.58. The summed E-state index contributed by atoms with van der Waals surface area (Å²) in [6.45, 7) is 0. The van der Waals surface area contributed by atoms with Crippen LogP contribution in [0.4, 0.5) is 0 Å². The van der Waals surface area contributed by atoms with E-state index in [1.807, 2.05) is 37.4 Å². The number of nitrogens with one attached hydrogen (secondary N) is 1. The van der Waals surface area contributed by atoms with E-state index >= 15 is 0 Å². The molecule has 4 aromatic heterocycles. The number of fused-ring (bicyclic) bond motifs is 2. The first kappa shape index (κ1) is 12.9. The number of H-pyrrole nitrogens is 1. The van der Waals surface area contributed by atoms with Gasteiger partial charge in [0.05, 0.1) is 0 Å². The summed E-state index contributed by atoms with van der Waals surface area (Å²) in [6.07, 6.45) is 3.52. The first-order valence-corrected chi connectivity index (χ1v) is 7.36. The van der Waals surface area contributed by atoms with Crippen molar-refractivity contribution in [3.05, 3.63) is 42.7 Å². The Morgan fingerprint density at radius 2 is 2.08 bits per heavy atom. The fourth-order valence-electron chi connectivity index (χ4n) is 2.84. The molecule has 0 unspecified atom stereocenters. The largest absolute Gasteiger partial charge is 0.335 e. The molecule has 0 aliphatic heterocycles. The number of aryl methyl sites for hydroxylation is 1. The third kappa shape index (κ3) is 1.76. The van der Waals surface area contributed by atoms with Gasteiger partial charge in [-0.2, -0.15) is 5.10 Å². The molecular formula is C16H11N7O. The van der Waals surface area contributed by atoms with E-state index in [4.69, 9.17) is 4.63 Å². The maximum absolute atomic E-state index is 4.83. The van der Waals surface area contributed by atoms with Gasteiger partial charge in [-0.25, -0.2) is 14.3 Å². The highest BCUT2D eigenvalue weighted by Crippen LogP contribution is 2.30. The summed E-state index contributed by atoms with van der Waals surface area (Å²) >= 11 is 0. The molecule has 0 saturated carbocycles. The molecule has 0 amide bonds. The number of benzene rings is 1. The van der Waals surface area contributed by atoms with Crippen molar-refractivity contribution in [2.24, 2.45) is 7.05 Å². The summed E-state index contributed by atoms with van der Waals surface area (Å²) in [4.78, 5) is 12.2. The predicted molar refractivity (Wildman–Crippen MR) is 86.9 cm³/mol. The zero-order valence-electron chi connectivity index (χ0n) is 12.6. The summed E-state index contributed by atoms with van der Waals surface area (Å²) in [5, 5.41) is 12.4. The molecule has 5 rings (SSSR count). The number of hydrogen-bond acceptors (Lipinski definition) is 6. The molecule has 4 heterocycles. The minimum Gasteiger partial charge on any atom is -0.335 e. The van der Waals surface area contributed by atoms with Crippen molar-refractivity contribution in [2.75, 3.05) is 0 Å². The Kier molecular flexibility index (Phi) is 2.55. The zero-order chi connectivity index (χ0) is 16.1. The maximum Gasteiger partial charge on any atom is 0.177 e. The van der Waals surface area contributed by atoms with Gasteiger partial charge in [-0.3, -0.25) is 4.98 Å². The third-order valence-electron chi connectivity index (χ3n) is 3.95. The molecular weight excluding hydrogens is 306 g/mol. The van der Waals surface area contributed by atoms with Gasteiger partial charge in [0.1, 0.15) is 28.1 Å². The van der Waals surface area contributed by atoms with Gasteiger partial charge in [-0.15, -0.1) is 0 Å². The molecule has 0 bridgehead atoms. The predicted octanol–water partition coefficient (Wildman–Crippen LogP) is 2.56. The van der Waals surface area contributed by atoms with Crippen LogP contribution in [0.3, 0.4) is 0 Å². The molecule has 24 heavy (non-hydrogen) atoms. The van der Waals surface area contributed by atoms with E-state index in [1.165, 1.54) is 0 Å². The molecule has 116 valence electrons. The minimum atomic E-state index is 0.674. The number of hydrogen-bond donors (Lipinski definition) is 1. The van der Waals surface area contributed by atoms with Gasteiger partial charge in [0, 0.05) is 30.6 Å². The van der Waals surface area contributed by atoms with Crippen LogP contribution in [-0.2, 0) is 7.05 Å². The summed E-state index contributed by atoms with van der Waals surface area (Å²) in [5.74, 6) is 0.699. The van der Waals surface area contributed by atoms with Crippen LogP contribution < -0.4 is 0 Å². The number of imidazole rings is 1. The molecule has 1 N–H and O–H groups in total. The fourth-order valence-corrected chi connectivity index (χ4v) is 2.84. The zero-order valence-corrected chi connectivity index (χ0v) is 12.6. The van der Waals surface area contributed by atoms with E-state index in [0.717, 1.165) is 28.0 Å². The highest BCUT2D eigenvalue weighted by molar-refractivity contribution is 5.94. The number of nitrogens with zero attached hydrogens (tertiary/aromatic N) is 6. The Bertz CT molecular complexity index is 1170. The van der Waals surface area contributed by atoms with E-state index in [1.54, 1.807) is 17.1 Å². The molecule has 0 aliphatic rings. The lowest BCUT2D eigenvalue weighted by atomic mass is 10.2. The molecule has 0 radical (unpaired) electrons. The van der Waals surface area contributed by atoms with Gasteiger partial charge < -0.3 is 4.98 Å². The summed E-state index contributed by atoms with van der Waals surface area (Å²) in [6, 6.07) is 9.53. The molecule has 5 aromatic rings. The minimum absolute atomic E-state index is 0.674. The standard InChI is InChI=1S/C16H11N7O/c1-23-16-14(12(20-23)9-4-3-7-17-8-9)18-15(19-16)10-5-2-6-11-13(10)22-24-21-11/h2-8H,1H3,(H,18,19). The number of aromatic nitrogens is 7. The number of aromatic amines is 1.